The summed E-state index contributed by atoms with van der Waals surface area (Å²) in [6.45, 7) is 6.55. The minimum absolute atomic E-state index is 0. The van der Waals surface area contributed by atoms with Crippen molar-refractivity contribution in [1.82, 2.24) is 15.6 Å². The Bertz CT molecular complexity index is 666. The minimum atomic E-state index is 0. The quantitative estimate of drug-likeness (QED) is 0.389. The first kappa shape index (κ1) is 20.5. The summed E-state index contributed by atoms with van der Waals surface area (Å²) in [7, 11) is 0. The third-order valence-corrected chi connectivity index (χ3v) is 4.31. The SMILES string of the molecule is CCNC(=NCc1ccc(N2CCCC2)nc1)NCc1ccccc1.I. The van der Waals surface area contributed by atoms with Crippen molar-refractivity contribution in [2.75, 3.05) is 24.5 Å². The smallest absolute Gasteiger partial charge is 0.191 e. The number of aromatic nitrogens is 1. The summed E-state index contributed by atoms with van der Waals surface area (Å²) in [5.74, 6) is 1.91. The average molecular weight is 465 g/mol. The zero-order valence-corrected chi connectivity index (χ0v) is 17.6. The Morgan fingerprint density at radius 2 is 1.81 bits per heavy atom. The van der Waals surface area contributed by atoms with Gasteiger partial charge in [0.2, 0.25) is 0 Å². The molecule has 6 heteroatoms. The van der Waals surface area contributed by atoms with Crippen molar-refractivity contribution in [3.63, 3.8) is 0 Å². The maximum absolute atomic E-state index is 4.67. The number of nitrogens with zero attached hydrogens (tertiary/aromatic N) is 3. The van der Waals surface area contributed by atoms with E-state index in [-0.39, 0.29) is 24.0 Å². The summed E-state index contributed by atoms with van der Waals surface area (Å²) < 4.78 is 0. The van der Waals surface area contributed by atoms with Crippen LogP contribution in [0.4, 0.5) is 5.82 Å². The second-order valence-corrected chi connectivity index (χ2v) is 6.25. The maximum atomic E-state index is 4.67. The van der Waals surface area contributed by atoms with E-state index in [1.807, 2.05) is 12.3 Å². The Hall–Kier alpha value is -1.83. The van der Waals surface area contributed by atoms with E-state index in [1.54, 1.807) is 0 Å². The molecule has 0 aliphatic carbocycles. The molecule has 1 aromatic heterocycles. The van der Waals surface area contributed by atoms with Gasteiger partial charge >= 0.3 is 0 Å². The molecule has 2 heterocycles. The highest BCUT2D eigenvalue weighted by atomic mass is 127. The molecule has 0 bridgehead atoms. The van der Waals surface area contributed by atoms with E-state index in [0.717, 1.165) is 43.5 Å². The predicted octanol–water partition coefficient (Wildman–Crippen LogP) is 3.56. The van der Waals surface area contributed by atoms with Gasteiger partial charge in [0, 0.05) is 32.4 Å². The highest BCUT2D eigenvalue weighted by Gasteiger charge is 2.12. The summed E-state index contributed by atoms with van der Waals surface area (Å²) in [4.78, 5) is 11.6. The number of benzene rings is 1. The largest absolute Gasteiger partial charge is 0.357 e. The van der Waals surface area contributed by atoms with E-state index in [0.29, 0.717) is 6.54 Å². The lowest BCUT2D eigenvalue weighted by Gasteiger charge is -2.16. The van der Waals surface area contributed by atoms with Gasteiger partial charge in [-0.25, -0.2) is 9.98 Å². The fourth-order valence-corrected chi connectivity index (χ4v) is 2.94. The van der Waals surface area contributed by atoms with Crippen LogP contribution < -0.4 is 15.5 Å². The van der Waals surface area contributed by atoms with E-state index < -0.39 is 0 Å². The fraction of sp³-hybridized carbons (Fsp3) is 0.400. The Kier molecular flexibility index (Phi) is 8.67. The van der Waals surface area contributed by atoms with E-state index in [4.69, 9.17) is 0 Å². The Morgan fingerprint density at radius 1 is 1.04 bits per heavy atom. The molecule has 1 fully saturated rings. The normalized spacial score (nSPS) is 14.0. The van der Waals surface area contributed by atoms with Crippen molar-refractivity contribution in [2.24, 2.45) is 4.99 Å². The summed E-state index contributed by atoms with van der Waals surface area (Å²) >= 11 is 0. The average Bonchev–Trinajstić information content (AvgIpc) is 3.20. The molecule has 2 N–H and O–H groups in total. The first-order valence-electron chi connectivity index (χ1n) is 9.11. The van der Waals surface area contributed by atoms with Crippen LogP contribution in [0.15, 0.2) is 53.7 Å². The van der Waals surface area contributed by atoms with Crippen LogP contribution in [0, 0.1) is 0 Å². The number of halogens is 1. The molecule has 0 atom stereocenters. The molecule has 1 aromatic carbocycles. The van der Waals surface area contributed by atoms with Crippen LogP contribution in [-0.2, 0) is 13.1 Å². The van der Waals surface area contributed by atoms with Gasteiger partial charge in [-0.15, -0.1) is 24.0 Å². The van der Waals surface area contributed by atoms with Gasteiger partial charge in [-0.2, -0.15) is 0 Å². The summed E-state index contributed by atoms with van der Waals surface area (Å²) in [6, 6.07) is 14.6. The molecule has 0 saturated carbocycles. The molecule has 0 radical (unpaired) electrons. The minimum Gasteiger partial charge on any atom is -0.357 e. The number of rotatable bonds is 6. The highest BCUT2D eigenvalue weighted by molar-refractivity contribution is 14.0. The summed E-state index contributed by atoms with van der Waals surface area (Å²) in [6.07, 6.45) is 4.48. The molecular weight excluding hydrogens is 437 g/mol. The first-order chi connectivity index (χ1) is 12.3. The second-order valence-electron chi connectivity index (χ2n) is 6.25. The van der Waals surface area contributed by atoms with Gasteiger partial charge in [-0.3, -0.25) is 0 Å². The fourth-order valence-electron chi connectivity index (χ4n) is 2.94. The Labute approximate surface area is 173 Å². The van der Waals surface area contributed by atoms with Crippen molar-refractivity contribution in [3.8, 4) is 0 Å². The number of aliphatic imine (C=N–C) groups is 1. The molecule has 3 rings (SSSR count). The van der Waals surface area contributed by atoms with Crippen LogP contribution in [0.2, 0.25) is 0 Å². The van der Waals surface area contributed by atoms with E-state index in [9.17, 15) is 0 Å². The molecule has 140 valence electrons. The standard InChI is InChI=1S/C20H27N5.HI/c1-2-21-20(23-14-17-8-4-3-5-9-17)24-16-18-10-11-19(22-15-18)25-12-6-7-13-25;/h3-5,8-11,15H,2,6-7,12-14,16H2,1H3,(H2,21,23,24);1H. The van der Waals surface area contributed by atoms with Gasteiger partial charge < -0.3 is 15.5 Å². The zero-order valence-electron chi connectivity index (χ0n) is 15.3. The number of pyridine rings is 1. The number of hydrogen-bond acceptors (Lipinski definition) is 3. The Morgan fingerprint density at radius 3 is 2.46 bits per heavy atom. The summed E-state index contributed by atoms with van der Waals surface area (Å²) in [5, 5.41) is 6.66. The van der Waals surface area contributed by atoms with Crippen LogP contribution >= 0.6 is 24.0 Å². The van der Waals surface area contributed by atoms with Crippen LogP contribution in [0.5, 0.6) is 0 Å². The molecule has 1 aliphatic heterocycles. The third-order valence-electron chi connectivity index (χ3n) is 4.31. The first-order valence-corrected chi connectivity index (χ1v) is 9.11. The molecule has 1 aliphatic rings. The molecule has 2 aromatic rings. The second kappa shape index (κ2) is 11.0. The lowest BCUT2D eigenvalue weighted by Crippen LogP contribution is -2.36. The lowest BCUT2D eigenvalue weighted by molar-refractivity contribution is 0.815. The van der Waals surface area contributed by atoms with Gasteiger partial charge in [-0.05, 0) is 37.0 Å². The van der Waals surface area contributed by atoms with E-state index in [1.165, 1.54) is 18.4 Å². The molecule has 26 heavy (non-hydrogen) atoms. The molecule has 0 unspecified atom stereocenters. The van der Waals surface area contributed by atoms with E-state index in [2.05, 4.69) is 68.8 Å². The van der Waals surface area contributed by atoms with Crippen molar-refractivity contribution >= 4 is 35.8 Å². The van der Waals surface area contributed by atoms with Crippen molar-refractivity contribution in [1.29, 1.82) is 0 Å². The van der Waals surface area contributed by atoms with Crippen molar-refractivity contribution < 1.29 is 0 Å². The van der Waals surface area contributed by atoms with Gasteiger partial charge in [-0.1, -0.05) is 36.4 Å². The van der Waals surface area contributed by atoms with Crippen LogP contribution in [-0.4, -0.2) is 30.6 Å². The highest BCUT2D eigenvalue weighted by Crippen LogP contribution is 2.17. The molecule has 5 nitrogen and oxygen atoms in total. The van der Waals surface area contributed by atoms with Gasteiger partial charge in [0.25, 0.3) is 0 Å². The number of hydrogen-bond donors (Lipinski definition) is 2. The van der Waals surface area contributed by atoms with Gasteiger partial charge in [0.15, 0.2) is 5.96 Å². The van der Waals surface area contributed by atoms with E-state index >= 15 is 0 Å². The topological polar surface area (TPSA) is 52.6 Å². The molecule has 0 amide bonds. The molecule has 1 saturated heterocycles. The van der Waals surface area contributed by atoms with Crippen LogP contribution in [0.3, 0.4) is 0 Å². The number of nitrogens with one attached hydrogen (secondary N) is 2. The maximum Gasteiger partial charge on any atom is 0.191 e. The van der Waals surface area contributed by atoms with Crippen LogP contribution in [0.25, 0.3) is 0 Å². The number of guanidine groups is 1. The van der Waals surface area contributed by atoms with Crippen LogP contribution in [0.1, 0.15) is 30.9 Å². The lowest BCUT2D eigenvalue weighted by atomic mass is 10.2. The summed E-state index contributed by atoms with van der Waals surface area (Å²) in [5.41, 5.74) is 2.37. The molecular formula is C20H28IN5. The van der Waals surface area contributed by atoms with Crippen molar-refractivity contribution in [2.45, 2.75) is 32.9 Å². The third kappa shape index (κ3) is 6.16. The monoisotopic (exact) mass is 465 g/mol. The zero-order chi connectivity index (χ0) is 17.3. The molecule has 0 spiro atoms. The predicted molar refractivity (Wildman–Crippen MR) is 119 cm³/mol. The van der Waals surface area contributed by atoms with Crippen molar-refractivity contribution in [3.05, 3.63) is 59.8 Å². The number of anilines is 1. The Balaban J connectivity index is 0.00000243. The van der Waals surface area contributed by atoms with Gasteiger partial charge in [0.1, 0.15) is 5.82 Å². The van der Waals surface area contributed by atoms with Gasteiger partial charge in [0.05, 0.1) is 6.54 Å².